The van der Waals surface area contributed by atoms with Gasteiger partial charge in [-0.05, 0) is 71.0 Å². The molecule has 0 aromatic heterocycles. The maximum absolute atomic E-state index is 14.6. The van der Waals surface area contributed by atoms with Gasteiger partial charge in [0.2, 0.25) is 0 Å². The first-order valence-electron chi connectivity index (χ1n) is 11.5. The molecule has 5 nitrogen and oxygen atoms in total. The van der Waals surface area contributed by atoms with Crippen LogP contribution in [0.5, 0.6) is 0 Å². The van der Waals surface area contributed by atoms with E-state index in [1.165, 1.54) is 5.56 Å². The Kier molecular flexibility index (Phi) is 4.50. The van der Waals surface area contributed by atoms with Crippen molar-refractivity contribution in [2.45, 2.75) is 73.7 Å². The van der Waals surface area contributed by atoms with E-state index in [9.17, 15) is 9.18 Å². The molecular formula is C24H35FN4O. The average Bonchev–Trinajstić information content (AvgIpc) is 3.63. The summed E-state index contributed by atoms with van der Waals surface area (Å²) in [5.41, 5.74) is 6.18. The van der Waals surface area contributed by atoms with Crippen molar-refractivity contribution in [2.24, 2.45) is 5.73 Å². The van der Waals surface area contributed by atoms with Crippen molar-refractivity contribution in [3.63, 3.8) is 0 Å². The second kappa shape index (κ2) is 6.67. The summed E-state index contributed by atoms with van der Waals surface area (Å²) in [5.74, 6) is 0. The zero-order chi connectivity index (χ0) is 21.2. The van der Waals surface area contributed by atoms with Crippen LogP contribution in [0, 0.1) is 0 Å². The van der Waals surface area contributed by atoms with Gasteiger partial charge in [-0.1, -0.05) is 30.3 Å². The summed E-state index contributed by atoms with van der Waals surface area (Å²) < 4.78 is 14.6. The van der Waals surface area contributed by atoms with Gasteiger partial charge >= 0.3 is 6.03 Å². The number of rotatable bonds is 6. The summed E-state index contributed by atoms with van der Waals surface area (Å²) in [6, 6.07) is 10.7. The zero-order valence-corrected chi connectivity index (χ0v) is 18.4. The zero-order valence-electron chi connectivity index (χ0n) is 18.4. The number of hydrogen-bond donors (Lipinski definition) is 1. The summed E-state index contributed by atoms with van der Waals surface area (Å²) >= 11 is 0. The Balaban J connectivity index is 1.41. The number of carbonyl (C=O) groups excluding carboxylic acids is 1. The van der Waals surface area contributed by atoms with E-state index in [1.54, 1.807) is 4.90 Å². The average molecular weight is 415 g/mol. The van der Waals surface area contributed by atoms with Crippen LogP contribution in [0.25, 0.3) is 0 Å². The van der Waals surface area contributed by atoms with Crippen molar-refractivity contribution in [2.75, 3.05) is 33.7 Å². The highest BCUT2D eigenvalue weighted by Gasteiger charge is 2.58. The Bertz CT molecular complexity index is 810. The van der Waals surface area contributed by atoms with Crippen LogP contribution in [0.2, 0.25) is 0 Å². The molecule has 3 saturated carbocycles. The fourth-order valence-electron chi connectivity index (χ4n) is 5.81. The van der Waals surface area contributed by atoms with Crippen LogP contribution >= 0.6 is 0 Å². The number of urea groups is 1. The van der Waals surface area contributed by atoms with Gasteiger partial charge in [0.15, 0.2) is 0 Å². The van der Waals surface area contributed by atoms with Gasteiger partial charge in [0.25, 0.3) is 0 Å². The molecule has 1 aliphatic heterocycles. The topological polar surface area (TPSA) is 52.8 Å². The summed E-state index contributed by atoms with van der Waals surface area (Å²) in [6.45, 7) is 1.51. The summed E-state index contributed by atoms with van der Waals surface area (Å²) in [6.07, 6.45) is 6.96. The van der Waals surface area contributed by atoms with Crippen molar-refractivity contribution in [1.82, 2.24) is 14.7 Å². The van der Waals surface area contributed by atoms with E-state index < -0.39 is 5.67 Å². The summed E-state index contributed by atoms with van der Waals surface area (Å²) in [7, 11) is 4.32. The highest BCUT2D eigenvalue weighted by molar-refractivity contribution is 5.78. The molecule has 1 aromatic rings. The molecule has 0 unspecified atom stereocenters. The first-order chi connectivity index (χ1) is 14.2. The fourth-order valence-corrected chi connectivity index (χ4v) is 5.81. The molecule has 0 radical (unpaired) electrons. The van der Waals surface area contributed by atoms with Crippen molar-refractivity contribution < 1.29 is 9.18 Å². The standard InChI is InChI=1S/C24H35FN4O/c1-27(2)24(19-6-4-3-5-7-19)14-12-23(13-15-24)18-28(16-21(25)8-9-21)20(30)29(23)17-22(26)10-11-22/h3-7H,8-18,26H2,1-2H3. The van der Waals surface area contributed by atoms with Crippen molar-refractivity contribution in [3.05, 3.63) is 35.9 Å². The van der Waals surface area contributed by atoms with Crippen LogP contribution < -0.4 is 5.73 Å². The van der Waals surface area contributed by atoms with Gasteiger partial charge in [0, 0.05) is 24.2 Å². The van der Waals surface area contributed by atoms with Crippen LogP contribution in [0.15, 0.2) is 30.3 Å². The number of benzene rings is 1. The molecule has 2 N–H and O–H groups in total. The summed E-state index contributed by atoms with van der Waals surface area (Å²) in [5, 5.41) is 0. The molecular weight excluding hydrogens is 379 g/mol. The lowest BCUT2D eigenvalue weighted by Gasteiger charge is -2.51. The Morgan fingerprint density at radius 1 is 0.967 bits per heavy atom. The largest absolute Gasteiger partial charge is 0.324 e. The molecule has 30 heavy (non-hydrogen) atoms. The maximum Gasteiger partial charge on any atom is 0.320 e. The lowest BCUT2D eigenvalue weighted by atomic mass is 9.68. The van der Waals surface area contributed by atoms with Gasteiger partial charge in [-0.25, -0.2) is 9.18 Å². The molecule has 164 valence electrons. The first kappa shape index (κ1) is 20.3. The molecule has 3 aliphatic carbocycles. The molecule has 4 fully saturated rings. The molecule has 1 heterocycles. The van der Waals surface area contributed by atoms with Crippen molar-refractivity contribution in [1.29, 1.82) is 0 Å². The summed E-state index contributed by atoms with van der Waals surface area (Å²) in [4.78, 5) is 19.6. The molecule has 2 amide bonds. The van der Waals surface area contributed by atoms with Gasteiger partial charge in [0.1, 0.15) is 5.67 Å². The Hall–Kier alpha value is -1.66. The maximum atomic E-state index is 14.6. The van der Waals surface area contributed by atoms with Gasteiger partial charge in [-0.3, -0.25) is 4.90 Å². The molecule has 5 rings (SSSR count). The van der Waals surface area contributed by atoms with Gasteiger partial charge in [-0.15, -0.1) is 0 Å². The monoisotopic (exact) mass is 414 g/mol. The van der Waals surface area contributed by atoms with Crippen LogP contribution in [0.3, 0.4) is 0 Å². The van der Waals surface area contributed by atoms with E-state index in [1.807, 2.05) is 0 Å². The minimum atomic E-state index is -1.15. The highest BCUT2D eigenvalue weighted by Crippen LogP contribution is 2.51. The predicted molar refractivity (Wildman–Crippen MR) is 116 cm³/mol. The first-order valence-corrected chi connectivity index (χ1v) is 11.5. The second-order valence-electron chi connectivity index (χ2n) is 10.8. The molecule has 6 heteroatoms. The molecule has 4 aliphatic rings. The third-order valence-corrected chi connectivity index (χ3v) is 8.37. The van der Waals surface area contributed by atoms with Crippen molar-refractivity contribution in [3.8, 4) is 0 Å². The third kappa shape index (κ3) is 3.32. The van der Waals surface area contributed by atoms with E-state index in [4.69, 9.17) is 5.73 Å². The minimum absolute atomic E-state index is 0.00714. The normalized spacial score (nSPS) is 34.1. The van der Waals surface area contributed by atoms with Crippen molar-refractivity contribution >= 4 is 6.03 Å². The second-order valence-corrected chi connectivity index (χ2v) is 10.8. The number of carbonyl (C=O) groups is 1. The van der Waals surface area contributed by atoms with Crippen LogP contribution in [0.4, 0.5) is 9.18 Å². The van der Waals surface area contributed by atoms with Crippen LogP contribution in [-0.4, -0.2) is 71.2 Å². The van der Waals surface area contributed by atoms with Gasteiger partial charge in [-0.2, -0.15) is 0 Å². The third-order valence-electron chi connectivity index (χ3n) is 8.37. The van der Waals surface area contributed by atoms with E-state index >= 15 is 0 Å². The van der Waals surface area contributed by atoms with E-state index in [0.717, 1.165) is 38.5 Å². The number of nitrogens with zero attached hydrogens (tertiary/aromatic N) is 3. The molecule has 1 saturated heterocycles. The predicted octanol–water partition coefficient (Wildman–Crippen LogP) is 3.49. The molecule has 1 aromatic carbocycles. The number of amides is 2. The molecule has 1 spiro atoms. The minimum Gasteiger partial charge on any atom is -0.324 e. The number of nitrogens with two attached hydrogens (primary N) is 1. The van der Waals surface area contributed by atoms with Crippen LogP contribution in [-0.2, 0) is 5.54 Å². The van der Waals surface area contributed by atoms with Crippen LogP contribution in [0.1, 0.15) is 56.9 Å². The smallest absolute Gasteiger partial charge is 0.320 e. The number of halogens is 1. The lowest BCUT2D eigenvalue weighted by Crippen LogP contribution is -2.57. The lowest BCUT2D eigenvalue weighted by molar-refractivity contribution is 0.0219. The highest BCUT2D eigenvalue weighted by atomic mass is 19.1. The van der Waals surface area contributed by atoms with Gasteiger partial charge < -0.3 is 15.5 Å². The Morgan fingerprint density at radius 2 is 1.60 bits per heavy atom. The molecule has 0 atom stereocenters. The number of hydrogen-bond acceptors (Lipinski definition) is 3. The van der Waals surface area contributed by atoms with E-state index in [0.29, 0.717) is 25.9 Å². The Labute approximate surface area is 179 Å². The van der Waals surface area contributed by atoms with E-state index in [2.05, 4.69) is 54.2 Å². The van der Waals surface area contributed by atoms with Gasteiger partial charge in [0.05, 0.1) is 12.1 Å². The fraction of sp³-hybridized carbons (Fsp3) is 0.708. The Morgan fingerprint density at radius 3 is 2.13 bits per heavy atom. The SMILES string of the molecule is CN(C)C1(c2ccccc2)CCC2(CC1)CN(CC1(F)CC1)C(=O)N2CC1(N)CC1. The molecule has 0 bridgehead atoms. The quantitative estimate of drug-likeness (QED) is 0.775. The number of alkyl halides is 1. The van der Waals surface area contributed by atoms with E-state index in [-0.39, 0.29) is 29.2 Å².